The van der Waals surface area contributed by atoms with Crippen molar-refractivity contribution in [3.63, 3.8) is 0 Å². The van der Waals surface area contributed by atoms with Crippen LogP contribution in [0.3, 0.4) is 0 Å². The molecule has 0 aliphatic rings. The summed E-state index contributed by atoms with van der Waals surface area (Å²) in [5.74, 6) is -0.615. The van der Waals surface area contributed by atoms with E-state index in [0.717, 1.165) is 9.13 Å². The molecule has 4 nitrogen and oxygen atoms in total. The lowest BCUT2D eigenvalue weighted by Gasteiger charge is -2.07. The van der Waals surface area contributed by atoms with E-state index >= 15 is 0 Å². The van der Waals surface area contributed by atoms with E-state index in [1.165, 1.54) is 0 Å². The second-order valence-electron chi connectivity index (χ2n) is 4.43. The highest BCUT2D eigenvalue weighted by atomic mass is 127. The molecule has 6 heteroatoms. The second-order valence-corrected chi connectivity index (χ2v) is 6.00. The number of hydrogen-bond donors (Lipinski definition) is 1. The van der Waals surface area contributed by atoms with E-state index in [-0.39, 0.29) is 23.9 Å². The average molecular weight is 415 g/mol. The number of pyridine rings is 1. The highest BCUT2D eigenvalue weighted by molar-refractivity contribution is 14.1. The molecule has 0 bridgehead atoms. The topological polar surface area (TPSA) is 59.1 Å². The highest BCUT2D eigenvalue weighted by Gasteiger charge is 2.15. The highest BCUT2D eigenvalue weighted by Crippen LogP contribution is 2.15. The molecule has 21 heavy (non-hydrogen) atoms. The van der Waals surface area contributed by atoms with E-state index in [1.54, 1.807) is 24.4 Å². The lowest BCUT2D eigenvalue weighted by atomic mass is 10.2. The van der Waals surface area contributed by atoms with Gasteiger partial charge in [-0.25, -0.2) is 0 Å². The molecule has 0 unspecified atom stereocenters. The second kappa shape index (κ2) is 7.00. The summed E-state index contributed by atoms with van der Waals surface area (Å²) in [4.78, 5) is 28.1. The van der Waals surface area contributed by atoms with E-state index in [4.69, 9.17) is 11.6 Å². The van der Waals surface area contributed by atoms with Crippen molar-refractivity contribution in [2.24, 2.45) is 0 Å². The Balaban J connectivity index is 2.04. The van der Waals surface area contributed by atoms with Crippen LogP contribution in [0.15, 0.2) is 36.5 Å². The fourth-order valence-corrected chi connectivity index (χ4v) is 2.68. The van der Waals surface area contributed by atoms with Crippen molar-refractivity contribution < 1.29 is 9.59 Å². The molecule has 2 rings (SSSR count). The number of Topliss-reactive ketones (excluding diaryl/α,β-unsaturated/α-hetero) is 1. The van der Waals surface area contributed by atoms with Crippen LogP contribution < -0.4 is 5.32 Å². The van der Waals surface area contributed by atoms with Gasteiger partial charge in [0, 0.05) is 9.77 Å². The van der Waals surface area contributed by atoms with Crippen molar-refractivity contribution >= 4 is 45.9 Å². The normalized spacial score (nSPS) is 10.2. The van der Waals surface area contributed by atoms with Crippen LogP contribution in [0.2, 0.25) is 5.02 Å². The molecule has 0 saturated carbocycles. The Morgan fingerprint density at radius 2 is 2.05 bits per heavy atom. The van der Waals surface area contributed by atoms with Gasteiger partial charge in [-0.3, -0.25) is 14.6 Å². The Labute approximate surface area is 141 Å². The van der Waals surface area contributed by atoms with Gasteiger partial charge in [0.1, 0.15) is 5.69 Å². The molecule has 0 aliphatic carbocycles. The van der Waals surface area contributed by atoms with E-state index in [0.29, 0.717) is 10.6 Å². The van der Waals surface area contributed by atoms with Gasteiger partial charge >= 0.3 is 0 Å². The molecule has 0 saturated heterocycles. The molecule has 0 fully saturated rings. The Morgan fingerprint density at radius 3 is 2.71 bits per heavy atom. The quantitative estimate of drug-likeness (QED) is 0.617. The van der Waals surface area contributed by atoms with Crippen LogP contribution in [-0.4, -0.2) is 23.2 Å². The molecule has 1 amide bonds. The number of benzene rings is 1. The molecule has 1 N–H and O–H groups in total. The number of amides is 1. The van der Waals surface area contributed by atoms with Crippen LogP contribution in [0.4, 0.5) is 0 Å². The molecule has 1 aromatic carbocycles. The predicted molar refractivity (Wildman–Crippen MR) is 89.8 cm³/mol. The fraction of sp³-hybridized carbons (Fsp3) is 0.133. The summed E-state index contributed by atoms with van der Waals surface area (Å²) in [6, 6.07) is 8.83. The summed E-state index contributed by atoms with van der Waals surface area (Å²) in [6.07, 6.45) is 1.57. The predicted octanol–water partition coefficient (Wildman–Crippen LogP) is 3.26. The van der Waals surface area contributed by atoms with E-state index in [2.05, 4.69) is 32.9 Å². The summed E-state index contributed by atoms with van der Waals surface area (Å²) >= 11 is 8.06. The fourth-order valence-electron chi connectivity index (χ4n) is 1.72. The van der Waals surface area contributed by atoms with Crippen molar-refractivity contribution in [3.05, 3.63) is 61.9 Å². The lowest BCUT2D eigenvalue weighted by molar-refractivity contribution is 0.0901. The van der Waals surface area contributed by atoms with Gasteiger partial charge in [0.2, 0.25) is 5.78 Å². The SMILES string of the molecule is Cc1cnc(C(=O)CNC(=O)c2ccccc2I)c(Cl)c1. The first-order valence-electron chi connectivity index (χ1n) is 6.17. The zero-order valence-corrected chi connectivity index (χ0v) is 14.1. The van der Waals surface area contributed by atoms with Crippen LogP contribution in [0.25, 0.3) is 0 Å². The number of aromatic nitrogens is 1. The van der Waals surface area contributed by atoms with Crippen LogP contribution in [-0.2, 0) is 0 Å². The van der Waals surface area contributed by atoms with Gasteiger partial charge in [-0.1, -0.05) is 23.7 Å². The number of nitrogens with one attached hydrogen (secondary N) is 1. The number of carbonyl (C=O) groups is 2. The number of ketones is 1. The Kier molecular flexibility index (Phi) is 5.30. The maximum atomic E-state index is 12.0. The maximum Gasteiger partial charge on any atom is 0.252 e. The first-order chi connectivity index (χ1) is 9.99. The summed E-state index contributed by atoms with van der Waals surface area (Å²) in [5, 5.41) is 2.88. The molecular formula is C15H12ClIN2O2. The molecular weight excluding hydrogens is 403 g/mol. The van der Waals surface area contributed by atoms with Crippen molar-refractivity contribution in [3.8, 4) is 0 Å². The molecule has 0 spiro atoms. The van der Waals surface area contributed by atoms with Crippen LogP contribution in [0.1, 0.15) is 26.4 Å². The number of hydrogen-bond acceptors (Lipinski definition) is 3. The lowest BCUT2D eigenvalue weighted by Crippen LogP contribution is -2.30. The third kappa shape index (κ3) is 4.01. The minimum Gasteiger partial charge on any atom is -0.344 e. The largest absolute Gasteiger partial charge is 0.344 e. The minimum absolute atomic E-state index is 0.139. The third-order valence-corrected chi connectivity index (χ3v) is 4.00. The van der Waals surface area contributed by atoms with Crippen LogP contribution >= 0.6 is 34.2 Å². The monoisotopic (exact) mass is 414 g/mol. The van der Waals surface area contributed by atoms with Gasteiger partial charge < -0.3 is 5.32 Å². The molecule has 1 heterocycles. The molecule has 0 radical (unpaired) electrons. The van der Waals surface area contributed by atoms with Gasteiger partial charge in [0.05, 0.1) is 17.1 Å². The van der Waals surface area contributed by atoms with Crippen LogP contribution in [0, 0.1) is 10.5 Å². The zero-order chi connectivity index (χ0) is 15.4. The maximum absolute atomic E-state index is 12.0. The average Bonchev–Trinajstić information content (AvgIpc) is 2.45. The summed E-state index contributed by atoms with van der Waals surface area (Å²) in [5.41, 5.74) is 1.58. The number of aryl methyl sites for hydroxylation is 1. The van der Waals surface area contributed by atoms with Crippen molar-refractivity contribution in [1.29, 1.82) is 0 Å². The van der Waals surface area contributed by atoms with Crippen molar-refractivity contribution in [2.75, 3.05) is 6.54 Å². The summed E-state index contributed by atoms with van der Waals surface area (Å²) < 4.78 is 0.826. The third-order valence-electron chi connectivity index (χ3n) is 2.77. The van der Waals surface area contributed by atoms with Crippen LogP contribution in [0.5, 0.6) is 0 Å². The summed E-state index contributed by atoms with van der Waals surface area (Å²) in [7, 11) is 0. The molecule has 0 atom stereocenters. The van der Waals surface area contributed by atoms with E-state index < -0.39 is 0 Å². The number of halogens is 2. The molecule has 2 aromatic rings. The Bertz CT molecular complexity index is 704. The van der Waals surface area contributed by atoms with E-state index in [1.807, 2.05) is 19.1 Å². The van der Waals surface area contributed by atoms with E-state index in [9.17, 15) is 9.59 Å². The van der Waals surface area contributed by atoms with Gasteiger partial charge in [0.25, 0.3) is 5.91 Å². The van der Waals surface area contributed by atoms with Gasteiger partial charge in [-0.15, -0.1) is 0 Å². The standard InChI is InChI=1S/C15H12ClIN2O2/c1-9-6-11(16)14(18-7-9)13(20)8-19-15(21)10-4-2-3-5-12(10)17/h2-7H,8H2,1H3,(H,19,21). The van der Waals surface area contributed by atoms with Crippen molar-refractivity contribution in [2.45, 2.75) is 6.92 Å². The smallest absolute Gasteiger partial charge is 0.252 e. The zero-order valence-electron chi connectivity index (χ0n) is 11.2. The van der Waals surface area contributed by atoms with Gasteiger partial charge in [-0.2, -0.15) is 0 Å². The number of nitrogens with zero attached hydrogens (tertiary/aromatic N) is 1. The Hall–Kier alpha value is -1.47. The first kappa shape index (κ1) is 15.9. The molecule has 0 aliphatic heterocycles. The number of carbonyl (C=O) groups excluding carboxylic acids is 2. The molecule has 108 valence electrons. The first-order valence-corrected chi connectivity index (χ1v) is 7.63. The van der Waals surface area contributed by atoms with Gasteiger partial charge in [0.15, 0.2) is 0 Å². The van der Waals surface area contributed by atoms with Crippen molar-refractivity contribution in [1.82, 2.24) is 10.3 Å². The Morgan fingerprint density at radius 1 is 1.33 bits per heavy atom. The number of rotatable bonds is 4. The minimum atomic E-state index is -0.320. The molecule has 1 aromatic heterocycles. The van der Waals surface area contributed by atoms with Gasteiger partial charge in [-0.05, 0) is 53.3 Å². The summed E-state index contributed by atoms with van der Waals surface area (Å²) in [6.45, 7) is 1.70.